The maximum Gasteiger partial charge on any atom is 0.322 e. The monoisotopic (exact) mass is 343 g/mol. The lowest BCUT2D eigenvalue weighted by Gasteiger charge is -2.10. The van der Waals surface area contributed by atoms with Crippen LogP contribution in [0.3, 0.4) is 0 Å². The Morgan fingerprint density at radius 3 is 2.52 bits per heavy atom. The second kappa shape index (κ2) is 7.89. The van der Waals surface area contributed by atoms with E-state index < -0.39 is 30.3 Å². The van der Waals surface area contributed by atoms with Crippen LogP contribution in [0.1, 0.15) is 23.8 Å². The van der Waals surface area contributed by atoms with Gasteiger partial charge in [-0.05, 0) is 0 Å². The van der Waals surface area contributed by atoms with Crippen molar-refractivity contribution in [3.05, 3.63) is 10.8 Å². The number of nitrogens with zero attached hydrogens (tertiary/aromatic N) is 2. The number of nitrogens with one attached hydrogen (secondary N) is 4. The fourth-order valence-corrected chi connectivity index (χ4v) is 1.49. The molecule has 1 heterocycles. The number of nitrogen functional groups attached to an aromatic ring is 1. The molecule has 0 fully saturated rings. The summed E-state index contributed by atoms with van der Waals surface area (Å²) in [6.45, 7) is 1.11. The van der Waals surface area contributed by atoms with Crippen molar-refractivity contribution in [2.45, 2.75) is 13.3 Å². The molecular formula is C11H14ClN7O4. The number of halogens is 1. The highest BCUT2D eigenvalue weighted by Crippen LogP contribution is 2.20. The number of carboxylic acids is 1. The molecule has 124 valence electrons. The highest BCUT2D eigenvalue weighted by molar-refractivity contribution is 6.32. The topological polar surface area (TPSA) is 183 Å². The van der Waals surface area contributed by atoms with Gasteiger partial charge in [-0.15, -0.1) is 0 Å². The molecule has 0 aliphatic heterocycles. The first kappa shape index (κ1) is 18.1. The van der Waals surface area contributed by atoms with E-state index >= 15 is 0 Å². The van der Waals surface area contributed by atoms with Crippen LogP contribution in [0, 0.1) is 5.41 Å². The Labute approximate surface area is 135 Å². The number of carboxylic acid groups (broad SMARTS) is 1. The molecule has 0 saturated carbocycles. The van der Waals surface area contributed by atoms with Crippen molar-refractivity contribution in [1.29, 1.82) is 5.41 Å². The summed E-state index contributed by atoms with van der Waals surface area (Å²) in [6.07, 6.45) is 0.135. The zero-order valence-electron chi connectivity index (χ0n) is 11.9. The van der Waals surface area contributed by atoms with E-state index in [1.807, 2.05) is 0 Å². The minimum atomic E-state index is -1.15. The van der Waals surface area contributed by atoms with Crippen molar-refractivity contribution >= 4 is 47.0 Å². The number of hydrogen-bond acceptors (Lipinski definition) is 8. The third-order valence-corrected chi connectivity index (χ3v) is 2.59. The normalized spacial score (nSPS) is 9.83. The zero-order chi connectivity index (χ0) is 17.6. The zero-order valence-corrected chi connectivity index (χ0v) is 12.7. The first-order valence-electron chi connectivity index (χ1n) is 6.23. The van der Waals surface area contributed by atoms with Crippen LogP contribution in [0.4, 0.5) is 11.6 Å². The summed E-state index contributed by atoms with van der Waals surface area (Å²) < 4.78 is 0. The highest BCUT2D eigenvalue weighted by Gasteiger charge is 2.18. The number of carbonyl (C=O) groups excluding carboxylic acids is 2. The second-order valence-electron chi connectivity index (χ2n) is 4.08. The van der Waals surface area contributed by atoms with Crippen LogP contribution in [-0.4, -0.2) is 45.4 Å². The van der Waals surface area contributed by atoms with Crippen molar-refractivity contribution < 1.29 is 19.5 Å². The molecule has 12 heteroatoms. The molecule has 11 nitrogen and oxygen atoms in total. The molecule has 0 radical (unpaired) electrons. The number of aliphatic carboxylic acids is 1. The number of aromatic nitrogens is 2. The maximum atomic E-state index is 11.9. The molecule has 2 amide bonds. The standard InChI is InChI=1S/C11H14ClN7O4/c1-2-4(20)16-11(14)19-10(23)6-8(13)18-9(7(12)17-6)15-3-5(21)22/h2-3H2,1H3,(H,21,22)(H3,13,15,18)(H3,14,16,19,20,23). The van der Waals surface area contributed by atoms with Gasteiger partial charge in [-0.25, -0.2) is 9.97 Å². The fourth-order valence-electron chi connectivity index (χ4n) is 1.30. The highest BCUT2D eigenvalue weighted by atomic mass is 35.5. The van der Waals surface area contributed by atoms with E-state index in [1.54, 1.807) is 6.92 Å². The number of hydrogen-bond donors (Lipinski definition) is 6. The van der Waals surface area contributed by atoms with E-state index in [9.17, 15) is 14.4 Å². The Bertz CT molecular complexity index is 664. The molecule has 0 bridgehead atoms. The number of amides is 2. The van der Waals surface area contributed by atoms with Crippen molar-refractivity contribution in [3.8, 4) is 0 Å². The van der Waals surface area contributed by atoms with E-state index in [0.29, 0.717) is 0 Å². The summed E-state index contributed by atoms with van der Waals surface area (Å²) in [5.41, 5.74) is 5.19. The lowest BCUT2D eigenvalue weighted by Crippen LogP contribution is -2.43. The van der Waals surface area contributed by atoms with E-state index in [2.05, 4.69) is 25.9 Å². The number of guanidine groups is 1. The molecule has 7 N–H and O–H groups in total. The fraction of sp³-hybridized carbons (Fsp3) is 0.273. The molecule has 0 aromatic carbocycles. The Balaban J connectivity index is 2.85. The van der Waals surface area contributed by atoms with Gasteiger partial charge in [-0.3, -0.25) is 30.4 Å². The van der Waals surface area contributed by atoms with Gasteiger partial charge in [0.05, 0.1) is 0 Å². The first-order chi connectivity index (χ1) is 10.7. The third-order valence-electron chi connectivity index (χ3n) is 2.33. The average Bonchev–Trinajstić information content (AvgIpc) is 2.46. The minimum absolute atomic E-state index is 0.0996. The van der Waals surface area contributed by atoms with E-state index in [0.717, 1.165) is 0 Å². The molecule has 1 aromatic rings. The largest absolute Gasteiger partial charge is 0.480 e. The molecule has 0 saturated heterocycles. The SMILES string of the molecule is CCC(=O)NC(=N)NC(=O)c1nc(Cl)c(NCC(=O)O)nc1N. The van der Waals surface area contributed by atoms with E-state index in [1.165, 1.54) is 0 Å². The average molecular weight is 344 g/mol. The van der Waals surface area contributed by atoms with Crippen LogP contribution < -0.4 is 21.7 Å². The van der Waals surface area contributed by atoms with Crippen LogP contribution in [0.15, 0.2) is 0 Å². The van der Waals surface area contributed by atoms with Crippen molar-refractivity contribution in [1.82, 2.24) is 20.6 Å². The van der Waals surface area contributed by atoms with Gasteiger partial charge in [-0.2, -0.15) is 0 Å². The maximum absolute atomic E-state index is 11.9. The van der Waals surface area contributed by atoms with Gasteiger partial charge in [0.25, 0.3) is 5.91 Å². The summed E-state index contributed by atoms with van der Waals surface area (Å²) >= 11 is 5.78. The molecular weight excluding hydrogens is 330 g/mol. The lowest BCUT2D eigenvalue weighted by atomic mass is 10.3. The van der Waals surface area contributed by atoms with Gasteiger partial charge in [0.2, 0.25) is 11.9 Å². The summed E-state index contributed by atoms with van der Waals surface area (Å²) in [6, 6.07) is 0. The molecule has 0 unspecified atom stereocenters. The number of anilines is 2. The quantitative estimate of drug-likeness (QED) is 0.302. The van der Waals surface area contributed by atoms with Gasteiger partial charge in [0.1, 0.15) is 6.54 Å². The van der Waals surface area contributed by atoms with Gasteiger partial charge in [0.15, 0.2) is 22.5 Å². The predicted octanol–water partition coefficient (Wildman–Crippen LogP) is -0.601. The number of rotatable bonds is 5. The van der Waals surface area contributed by atoms with Crippen LogP contribution in [-0.2, 0) is 9.59 Å². The van der Waals surface area contributed by atoms with Crippen LogP contribution >= 0.6 is 11.6 Å². The Hall–Kier alpha value is -2.95. The van der Waals surface area contributed by atoms with E-state index in [4.69, 9.17) is 27.9 Å². The number of nitrogens with two attached hydrogens (primary N) is 1. The lowest BCUT2D eigenvalue weighted by molar-refractivity contribution is -0.135. The van der Waals surface area contributed by atoms with Crippen LogP contribution in [0.5, 0.6) is 0 Å². The molecule has 0 atom stereocenters. The summed E-state index contributed by atoms with van der Waals surface area (Å²) in [5, 5.41) is 22.3. The van der Waals surface area contributed by atoms with Crippen molar-refractivity contribution in [2.75, 3.05) is 17.6 Å². The molecule has 0 aliphatic rings. The van der Waals surface area contributed by atoms with Crippen molar-refractivity contribution in [2.24, 2.45) is 0 Å². The van der Waals surface area contributed by atoms with Crippen LogP contribution in [0.2, 0.25) is 5.15 Å². The number of carbonyl (C=O) groups is 3. The third kappa shape index (κ3) is 5.39. The first-order valence-corrected chi connectivity index (χ1v) is 6.60. The molecule has 23 heavy (non-hydrogen) atoms. The summed E-state index contributed by atoms with van der Waals surface area (Å²) in [7, 11) is 0. The molecule has 1 rings (SSSR count). The Morgan fingerprint density at radius 2 is 1.96 bits per heavy atom. The second-order valence-corrected chi connectivity index (χ2v) is 4.43. The minimum Gasteiger partial charge on any atom is -0.480 e. The predicted molar refractivity (Wildman–Crippen MR) is 81.2 cm³/mol. The van der Waals surface area contributed by atoms with Crippen LogP contribution in [0.25, 0.3) is 0 Å². The smallest absolute Gasteiger partial charge is 0.322 e. The van der Waals surface area contributed by atoms with Gasteiger partial charge in [0, 0.05) is 6.42 Å². The van der Waals surface area contributed by atoms with Crippen molar-refractivity contribution in [3.63, 3.8) is 0 Å². The molecule has 0 spiro atoms. The van der Waals surface area contributed by atoms with E-state index in [-0.39, 0.29) is 28.9 Å². The Kier molecular flexibility index (Phi) is 6.21. The van der Waals surface area contributed by atoms with Gasteiger partial charge < -0.3 is 16.2 Å². The summed E-state index contributed by atoms with van der Waals surface area (Å²) in [5.74, 6) is -3.48. The Morgan fingerprint density at radius 1 is 1.30 bits per heavy atom. The van der Waals surface area contributed by atoms with Gasteiger partial charge >= 0.3 is 5.97 Å². The summed E-state index contributed by atoms with van der Waals surface area (Å²) in [4.78, 5) is 40.9. The molecule has 1 aromatic heterocycles. The molecule has 0 aliphatic carbocycles. The van der Waals surface area contributed by atoms with Gasteiger partial charge in [-0.1, -0.05) is 18.5 Å².